The highest BCUT2D eigenvalue weighted by Gasteiger charge is 2.46. The standard InChI is InChI=1S/C48H60F3N9O7/c1-27(29-18-30(48(49,50)51)20-31(52)19-29)53-42-33-21-38(37(66-4)22-34(33)54-28(2)55-42)67-26-47(10-11-47)24-57(3)40(62)23-58-15-12-46(25-58)13-16-59(17-14-46)35-7-5-6-32-41(35)45(65)60(44(32)64)36-8-9-39(61)56-43(36)63/h5-7,18-22,27,36,39,43,56,61,63-65H,8-17,23-26,52H2,1-4H3,(H,53,54,55)/t27-,36?,39?,43?/m1/s1. The summed E-state index contributed by atoms with van der Waals surface area (Å²) in [5.41, 5.74) is 6.60. The van der Waals surface area contributed by atoms with Gasteiger partial charge in [0.2, 0.25) is 17.7 Å². The molecule has 19 heteroatoms. The molecule has 67 heavy (non-hydrogen) atoms. The van der Waals surface area contributed by atoms with E-state index < -0.39 is 36.3 Å². The summed E-state index contributed by atoms with van der Waals surface area (Å²) in [5, 5.41) is 50.9. The number of hydrogen-bond acceptors (Lipinski definition) is 14. The van der Waals surface area contributed by atoms with Gasteiger partial charge in [-0.15, -0.1) is 0 Å². The van der Waals surface area contributed by atoms with Crippen molar-refractivity contribution in [1.82, 2.24) is 29.7 Å². The number of nitrogens with two attached hydrogens (primary N) is 1. The summed E-state index contributed by atoms with van der Waals surface area (Å²) in [6.45, 7) is 7.78. The van der Waals surface area contributed by atoms with Gasteiger partial charge in [-0.1, -0.05) is 6.07 Å². The topological polar surface area (TPSA) is 207 Å². The molecule has 1 amide bonds. The van der Waals surface area contributed by atoms with Crippen LogP contribution in [0.2, 0.25) is 0 Å². The van der Waals surface area contributed by atoms with Gasteiger partial charge < -0.3 is 50.8 Å². The monoisotopic (exact) mass is 931 g/mol. The first-order valence-corrected chi connectivity index (χ1v) is 23.0. The third kappa shape index (κ3) is 9.30. The van der Waals surface area contributed by atoms with Crippen LogP contribution in [0.4, 0.5) is 30.4 Å². The molecule has 0 radical (unpaired) electrons. The van der Waals surface area contributed by atoms with E-state index in [1.807, 2.05) is 19.2 Å². The number of nitrogen functional groups attached to an aromatic ring is 1. The molecule has 360 valence electrons. The van der Waals surface area contributed by atoms with Crippen molar-refractivity contribution in [3.63, 3.8) is 0 Å². The number of nitrogens with zero attached hydrogens (tertiary/aromatic N) is 6. The van der Waals surface area contributed by atoms with Crippen molar-refractivity contribution in [2.24, 2.45) is 10.8 Å². The molecular formula is C48H60F3N9O7. The van der Waals surface area contributed by atoms with Crippen LogP contribution in [0.1, 0.15) is 80.9 Å². The number of nitrogens with one attached hydrogen (secondary N) is 2. The molecule has 3 aromatic carbocycles. The number of piperidine rings is 2. The average molecular weight is 932 g/mol. The van der Waals surface area contributed by atoms with Gasteiger partial charge in [-0.25, -0.2) is 9.97 Å². The molecule has 3 saturated heterocycles. The second-order valence-corrected chi connectivity index (χ2v) is 19.4. The molecule has 16 nitrogen and oxygen atoms in total. The van der Waals surface area contributed by atoms with Crippen molar-refractivity contribution in [3.05, 3.63) is 65.5 Å². The molecule has 4 atom stereocenters. The molecular weight excluding hydrogens is 872 g/mol. The number of rotatable bonds is 13. The van der Waals surface area contributed by atoms with Crippen LogP contribution in [0.25, 0.3) is 21.7 Å². The number of benzene rings is 3. The van der Waals surface area contributed by atoms with Gasteiger partial charge in [0.25, 0.3) is 0 Å². The van der Waals surface area contributed by atoms with Gasteiger partial charge in [0.15, 0.2) is 11.5 Å². The van der Waals surface area contributed by atoms with Gasteiger partial charge in [0.1, 0.15) is 24.1 Å². The Morgan fingerprint density at radius 1 is 1.00 bits per heavy atom. The normalized spacial score (nSPS) is 22.0. The molecule has 8 N–H and O–H groups in total. The Labute approximate surface area is 386 Å². The van der Waals surface area contributed by atoms with Gasteiger partial charge in [0, 0.05) is 61.2 Å². The van der Waals surface area contributed by atoms with Gasteiger partial charge >= 0.3 is 6.18 Å². The van der Waals surface area contributed by atoms with E-state index in [-0.39, 0.29) is 34.2 Å². The quantitative estimate of drug-likeness (QED) is 0.0652. The Morgan fingerprint density at radius 3 is 2.45 bits per heavy atom. The molecule has 3 aliphatic heterocycles. The summed E-state index contributed by atoms with van der Waals surface area (Å²) in [6.07, 6.45) is -1.23. The van der Waals surface area contributed by atoms with Crippen LogP contribution in [0.15, 0.2) is 48.5 Å². The lowest BCUT2D eigenvalue weighted by molar-refractivity contribution is -0.137. The smallest absolute Gasteiger partial charge is 0.416 e. The SMILES string of the molecule is COc1cc2nc(C)nc(N[C@H](C)c3cc(N)cc(C(F)(F)F)c3)c2cc1OCC1(CN(C)C(=O)CN2CCC3(CCN(c4cccc5c(O)n(C6CCC(O)NC6O)c(O)c45)CC3)C2)CC1. The van der Waals surface area contributed by atoms with Crippen molar-refractivity contribution < 1.29 is 47.9 Å². The molecule has 5 heterocycles. The average Bonchev–Trinajstić information content (AvgIpc) is 3.87. The number of anilines is 3. The molecule has 4 fully saturated rings. The van der Waals surface area contributed by atoms with Crippen LogP contribution < -0.4 is 30.7 Å². The van der Waals surface area contributed by atoms with E-state index in [2.05, 4.69) is 30.4 Å². The maximum Gasteiger partial charge on any atom is 0.416 e. The minimum atomic E-state index is -4.55. The van der Waals surface area contributed by atoms with Crippen molar-refractivity contribution in [1.29, 1.82) is 0 Å². The molecule has 1 aliphatic carbocycles. The van der Waals surface area contributed by atoms with E-state index in [1.54, 1.807) is 44.1 Å². The van der Waals surface area contributed by atoms with Crippen LogP contribution in [-0.2, 0) is 11.0 Å². The number of likely N-dealkylation sites (N-methyl/N-ethyl adjacent to an activating group) is 1. The minimum Gasteiger partial charge on any atom is -0.494 e. The number of alkyl halides is 3. The Hall–Kier alpha value is -5.76. The number of aromatic hydroxyl groups is 2. The summed E-state index contributed by atoms with van der Waals surface area (Å²) < 4.78 is 54.4. The molecule has 5 aromatic rings. The zero-order chi connectivity index (χ0) is 47.6. The highest BCUT2D eigenvalue weighted by Crippen LogP contribution is 2.50. The summed E-state index contributed by atoms with van der Waals surface area (Å²) in [5.74, 6) is 1.61. The number of aromatic nitrogens is 3. The number of fused-ring (bicyclic) bond motifs is 2. The van der Waals surface area contributed by atoms with Crippen LogP contribution in [0.5, 0.6) is 23.3 Å². The number of methoxy groups -OCH3 is 1. The third-order valence-electron chi connectivity index (χ3n) is 14.5. The van der Waals surface area contributed by atoms with E-state index in [1.165, 1.54) is 10.6 Å². The molecule has 4 aliphatic rings. The lowest BCUT2D eigenvalue weighted by Crippen LogP contribution is -2.47. The second-order valence-electron chi connectivity index (χ2n) is 19.4. The number of halogens is 3. The van der Waals surface area contributed by atoms with Crippen LogP contribution in [-0.4, -0.2) is 123 Å². The van der Waals surface area contributed by atoms with E-state index in [4.69, 9.17) is 15.2 Å². The van der Waals surface area contributed by atoms with Gasteiger partial charge in [-0.05, 0) is 113 Å². The maximum absolute atomic E-state index is 13.8. The van der Waals surface area contributed by atoms with Crippen LogP contribution in [0.3, 0.4) is 0 Å². The Morgan fingerprint density at radius 2 is 1.75 bits per heavy atom. The lowest BCUT2D eigenvalue weighted by Gasteiger charge is -2.40. The van der Waals surface area contributed by atoms with Crippen molar-refractivity contribution in [2.45, 2.75) is 89.5 Å². The number of amides is 1. The number of likely N-dealkylation sites (tertiary alicyclic amines) is 1. The predicted molar refractivity (Wildman–Crippen MR) is 247 cm³/mol. The first-order valence-electron chi connectivity index (χ1n) is 23.0. The van der Waals surface area contributed by atoms with Crippen LogP contribution >= 0.6 is 0 Å². The zero-order valence-corrected chi connectivity index (χ0v) is 38.2. The third-order valence-corrected chi connectivity index (χ3v) is 14.5. The summed E-state index contributed by atoms with van der Waals surface area (Å²) in [4.78, 5) is 29.3. The summed E-state index contributed by atoms with van der Waals surface area (Å²) >= 11 is 0. The molecule has 3 unspecified atom stereocenters. The Bertz CT molecular complexity index is 2670. The number of aliphatic hydroxyl groups excluding tert-OH is 2. The van der Waals surface area contributed by atoms with Crippen molar-refractivity contribution in [3.8, 4) is 23.3 Å². The summed E-state index contributed by atoms with van der Waals surface area (Å²) in [7, 11) is 3.39. The fourth-order valence-electron chi connectivity index (χ4n) is 10.5. The molecule has 2 aromatic heterocycles. The molecule has 9 rings (SSSR count). The first-order chi connectivity index (χ1) is 31.8. The molecule has 0 bridgehead atoms. The maximum atomic E-state index is 13.8. The van der Waals surface area contributed by atoms with E-state index >= 15 is 0 Å². The number of hydrogen-bond donors (Lipinski definition) is 7. The zero-order valence-electron chi connectivity index (χ0n) is 38.2. The van der Waals surface area contributed by atoms with Crippen LogP contribution in [0, 0.1) is 17.8 Å². The van der Waals surface area contributed by atoms with Gasteiger partial charge in [-0.3, -0.25) is 19.6 Å². The number of carbonyl (C=O) groups excluding carboxylic acids is 1. The fraction of sp³-hybridized carbons (Fsp3) is 0.521. The van der Waals surface area contributed by atoms with Gasteiger partial charge in [-0.2, -0.15) is 13.2 Å². The van der Waals surface area contributed by atoms with Gasteiger partial charge in [0.05, 0.1) is 54.5 Å². The first kappa shape index (κ1) is 46.4. The highest BCUT2D eigenvalue weighted by atomic mass is 19.4. The number of ether oxygens (including phenoxy) is 2. The van der Waals surface area contributed by atoms with Crippen molar-refractivity contribution in [2.75, 3.05) is 76.0 Å². The van der Waals surface area contributed by atoms with E-state index in [9.17, 15) is 38.4 Å². The predicted octanol–water partition coefficient (Wildman–Crippen LogP) is 6.26. The number of carbonyl (C=O) groups is 1. The number of aryl methyl sites for hydroxylation is 1. The fourth-order valence-corrected chi connectivity index (χ4v) is 10.5. The van der Waals surface area contributed by atoms with E-state index in [0.717, 1.165) is 76.1 Å². The number of aliphatic hydroxyl groups is 2. The lowest BCUT2D eigenvalue weighted by atomic mass is 9.77. The minimum absolute atomic E-state index is 0.00595. The highest BCUT2D eigenvalue weighted by molar-refractivity contribution is 6.02. The largest absolute Gasteiger partial charge is 0.494 e. The van der Waals surface area contributed by atoms with E-state index in [0.29, 0.717) is 82.9 Å². The Balaban J connectivity index is 0.808. The van der Waals surface area contributed by atoms with Crippen molar-refractivity contribution >= 4 is 44.8 Å². The summed E-state index contributed by atoms with van der Waals surface area (Å²) in [6, 6.07) is 11.4. The molecule has 1 spiro atoms. The molecule has 1 saturated carbocycles. The Kier molecular flexibility index (Phi) is 12.3. The second kappa shape index (κ2) is 17.7.